The molecule has 0 spiro atoms. The van der Waals surface area contributed by atoms with Gasteiger partial charge in [-0.15, -0.1) is 0 Å². The zero-order valence-electron chi connectivity index (χ0n) is 11.3. The third kappa shape index (κ3) is 2.21. The normalized spacial score (nSPS) is 19.9. The molecule has 4 heteroatoms. The number of rotatable bonds is 3. The van der Waals surface area contributed by atoms with Crippen LogP contribution in [0.4, 0.5) is 5.69 Å². The highest BCUT2D eigenvalue weighted by molar-refractivity contribution is 5.78. The summed E-state index contributed by atoms with van der Waals surface area (Å²) in [7, 11) is 1.71. The number of nitrogens with zero attached hydrogens (tertiary/aromatic N) is 1. The molecule has 0 saturated heterocycles. The molecule has 102 valence electrons. The Labute approximate surface area is 113 Å². The predicted octanol–water partition coefficient (Wildman–Crippen LogP) is 2.07. The van der Waals surface area contributed by atoms with Gasteiger partial charge in [-0.3, -0.25) is 4.79 Å². The highest BCUT2D eigenvalue weighted by Crippen LogP contribution is 2.39. The lowest BCUT2D eigenvalue weighted by Gasteiger charge is -2.40. The van der Waals surface area contributed by atoms with Crippen molar-refractivity contribution in [3.05, 3.63) is 29.3 Å². The van der Waals surface area contributed by atoms with Crippen molar-refractivity contribution in [2.75, 3.05) is 12.8 Å². The summed E-state index contributed by atoms with van der Waals surface area (Å²) in [5, 5.41) is 0. The van der Waals surface area contributed by atoms with Crippen LogP contribution in [0.5, 0.6) is 0 Å². The van der Waals surface area contributed by atoms with Crippen molar-refractivity contribution in [3.8, 4) is 0 Å². The number of carbonyl (C=O) groups is 1. The number of ether oxygens (including phenoxy) is 1. The number of nitrogens with two attached hydrogens (primary N) is 1. The van der Waals surface area contributed by atoms with Crippen molar-refractivity contribution in [1.82, 2.24) is 4.90 Å². The molecule has 0 bridgehead atoms. The van der Waals surface area contributed by atoms with Crippen LogP contribution < -0.4 is 5.73 Å². The van der Waals surface area contributed by atoms with Crippen LogP contribution in [-0.4, -0.2) is 23.5 Å². The summed E-state index contributed by atoms with van der Waals surface area (Å²) in [5.41, 5.74) is 8.74. The van der Waals surface area contributed by atoms with E-state index in [1.54, 1.807) is 7.11 Å². The number of nitrogen functional groups attached to an aromatic ring is 1. The van der Waals surface area contributed by atoms with Crippen LogP contribution in [0.15, 0.2) is 18.2 Å². The summed E-state index contributed by atoms with van der Waals surface area (Å²) in [5.74, 6) is 0.191. The molecule has 19 heavy (non-hydrogen) atoms. The molecular formula is C15H20N2O2. The average molecular weight is 260 g/mol. The number of anilines is 1. The van der Waals surface area contributed by atoms with Crippen LogP contribution in [0.1, 0.15) is 36.8 Å². The maximum absolute atomic E-state index is 12.4. The van der Waals surface area contributed by atoms with Crippen molar-refractivity contribution in [1.29, 1.82) is 0 Å². The Morgan fingerprint density at radius 3 is 2.74 bits per heavy atom. The van der Waals surface area contributed by atoms with Crippen molar-refractivity contribution in [3.63, 3.8) is 0 Å². The smallest absolute Gasteiger partial charge is 0.226 e. The van der Waals surface area contributed by atoms with E-state index in [0.29, 0.717) is 19.5 Å². The van der Waals surface area contributed by atoms with E-state index < -0.39 is 0 Å². The van der Waals surface area contributed by atoms with Gasteiger partial charge in [0.15, 0.2) is 0 Å². The van der Waals surface area contributed by atoms with Crippen molar-refractivity contribution >= 4 is 11.6 Å². The monoisotopic (exact) mass is 260 g/mol. The van der Waals surface area contributed by atoms with E-state index in [0.717, 1.165) is 24.9 Å². The van der Waals surface area contributed by atoms with Crippen LogP contribution in [0.3, 0.4) is 0 Å². The first-order valence-corrected chi connectivity index (χ1v) is 6.82. The summed E-state index contributed by atoms with van der Waals surface area (Å²) in [4.78, 5) is 14.3. The molecule has 1 aliphatic carbocycles. The largest absolute Gasteiger partial charge is 0.399 e. The Bertz CT molecular complexity index is 503. The van der Waals surface area contributed by atoms with Gasteiger partial charge in [0, 0.05) is 25.9 Å². The standard InChI is InChI=1S/C15H20N2O2/c1-19-15(5-2-6-15)8-14(18)17-9-11-3-4-13(16)7-12(11)10-17/h3-4,7H,2,5-6,8-10,16H2,1H3. The number of carbonyl (C=O) groups excluding carboxylic acids is 1. The number of fused-ring (bicyclic) bond motifs is 1. The van der Waals surface area contributed by atoms with Gasteiger partial charge in [-0.2, -0.15) is 0 Å². The first-order chi connectivity index (χ1) is 9.12. The van der Waals surface area contributed by atoms with Gasteiger partial charge in [0.25, 0.3) is 0 Å². The molecule has 1 aromatic carbocycles. The number of methoxy groups -OCH3 is 1. The topological polar surface area (TPSA) is 55.6 Å². The minimum atomic E-state index is -0.190. The van der Waals surface area contributed by atoms with E-state index in [4.69, 9.17) is 10.5 Å². The molecule has 1 amide bonds. The van der Waals surface area contributed by atoms with Crippen LogP contribution in [0.25, 0.3) is 0 Å². The second-order valence-corrected chi connectivity index (χ2v) is 5.70. The first-order valence-electron chi connectivity index (χ1n) is 6.82. The molecule has 0 radical (unpaired) electrons. The van der Waals surface area contributed by atoms with Crippen LogP contribution in [-0.2, 0) is 22.6 Å². The lowest BCUT2D eigenvalue weighted by Crippen LogP contribution is -2.44. The highest BCUT2D eigenvalue weighted by Gasteiger charge is 2.40. The molecule has 0 unspecified atom stereocenters. The highest BCUT2D eigenvalue weighted by atomic mass is 16.5. The quantitative estimate of drug-likeness (QED) is 0.846. The van der Waals surface area contributed by atoms with Crippen LogP contribution >= 0.6 is 0 Å². The molecular weight excluding hydrogens is 240 g/mol. The maximum atomic E-state index is 12.4. The summed E-state index contributed by atoms with van der Waals surface area (Å²) < 4.78 is 5.53. The number of hydrogen-bond acceptors (Lipinski definition) is 3. The summed E-state index contributed by atoms with van der Waals surface area (Å²) in [6, 6.07) is 5.89. The van der Waals surface area contributed by atoms with Gasteiger partial charge < -0.3 is 15.4 Å². The fourth-order valence-corrected chi connectivity index (χ4v) is 3.00. The van der Waals surface area contributed by atoms with Gasteiger partial charge in [0.1, 0.15) is 0 Å². The Hall–Kier alpha value is -1.55. The van der Waals surface area contributed by atoms with E-state index in [9.17, 15) is 4.79 Å². The zero-order valence-corrected chi connectivity index (χ0v) is 11.3. The van der Waals surface area contributed by atoms with E-state index in [1.807, 2.05) is 23.1 Å². The second kappa shape index (κ2) is 4.53. The zero-order chi connectivity index (χ0) is 13.5. The van der Waals surface area contributed by atoms with E-state index in [2.05, 4.69) is 0 Å². The minimum absolute atomic E-state index is 0.190. The minimum Gasteiger partial charge on any atom is -0.399 e. The molecule has 4 nitrogen and oxygen atoms in total. The van der Waals surface area contributed by atoms with Crippen molar-refractivity contribution in [2.24, 2.45) is 0 Å². The first kappa shape index (κ1) is 12.5. The Morgan fingerprint density at radius 2 is 2.11 bits per heavy atom. The maximum Gasteiger partial charge on any atom is 0.226 e. The van der Waals surface area contributed by atoms with E-state index in [1.165, 1.54) is 11.1 Å². The third-order valence-corrected chi connectivity index (χ3v) is 4.48. The SMILES string of the molecule is COC1(CC(=O)N2Cc3ccc(N)cc3C2)CCC1. The Balaban J connectivity index is 1.67. The number of benzene rings is 1. The molecule has 2 aliphatic rings. The summed E-state index contributed by atoms with van der Waals surface area (Å²) in [6.07, 6.45) is 3.68. The Kier molecular flexibility index (Phi) is 2.97. The van der Waals surface area contributed by atoms with Crippen molar-refractivity contribution in [2.45, 2.75) is 44.4 Å². The van der Waals surface area contributed by atoms with Gasteiger partial charge in [-0.05, 0) is 42.5 Å². The van der Waals surface area contributed by atoms with Gasteiger partial charge >= 0.3 is 0 Å². The van der Waals surface area contributed by atoms with Crippen molar-refractivity contribution < 1.29 is 9.53 Å². The second-order valence-electron chi connectivity index (χ2n) is 5.70. The van der Waals surface area contributed by atoms with Gasteiger partial charge in [0.2, 0.25) is 5.91 Å². The summed E-state index contributed by atoms with van der Waals surface area (Å²) in [6.45, 7) is 1.38. The fraction of sp³-hybridized carbons (Fsp3) is 0.533. The van der Waals surface area contributed by atoms with Crippen LogP contribution in [0.2, 0.25) is 0 Å². The van der Waals surface area contributed by atoms with E-state index >= 15 is 0 Å². The van der Waals surface area contributed by atoms with Gasteiger partial charge in [0.05, 0.1) is 12.0 Å². The molecule has 3 rings (SSSR count). The third-order valence-electron chi connectivity index (χ3n) is 4.48. The molecule has 1 aromatic rings. The molecule has 0 atom stereocenters. The lowest BCUT2D eigenvalue weighted by atomic mass is 9.77. The average Bonchev–Trinajstić information content (AvgIpc) is 2.76. The van der Waals surface area contributed by atoms with Gasteiger partial charge in [-0.1, -0.05) is 6.07 Å². The van der Waals surface area contributed by atoms with E-state index in [-0.39, 0.29) is 11.5 Å². The molecule has 2 N–H and O–H groups in total. The number of amides is 1. The van der Waals surface area contributed by atoms with Gasteiger partial charge in [-0.25, -0.2) is 0 Å². The van der Waals surface area contributed by atoms with Crippen LogP contribution in [0, 0.1) is 0 Å². The summed E-state index contributed by atoms with van der Waals surface area (Å²) >= 11 is 0. The predicted molar refractivity (Wildman–Crippen MR) is 73.3 cm³/mol. The molecule has 1 fully saturated rings. The molecule has 1 heterocycles. The lowest BCUT2D eigenvalue weighted by molar-refractivity contribution is -0.144. The fourth-order valence-electron chi connectivity index (χ4n) is 3.00. The number of hydrogen-bond donors (Lipinski definition) is 1. The molecule has 0 aromatic heterocycles. The Morgan fingerprint density at radius 1 is 1.37 bits per heavy atom. The molecule has 1 aliphatic heterocycles. The molecule has 1 saturated carbocycles.